The number of nitrogens with zero attached hydrogens (tertiary/aromatic N) is 4. The first-order valence-corrected chi connectivity index (χ1v) is 6.76. The van der Waals surface area contributed by atoms with Crippen LogP contribution >= 0.6 is 0 Å². The van der Waals surface area contributed by atoms with Crippen molar-refractivity contribution >= 4 is 16.7 Å². The van der Waals surface area contributed by atoms with Crippen molar-refractivity contribution in [1.29, 1.82) is 0 Å². The molecule has 0 aliphatic carbocycles. The van der Waals surface area contributed by atoms with E-state index in [0.717, 1.165) is 6.54 Å². The first kappa shape index (κ1) is 10.2. The summed E-state index contributed by atoms with van der Waals surface area (Å²) < 4.78 is 6.86. The number of pyridine rings is 1. The minimum Gasteiger partial charge on any atom is -0.304 e. The van der Waals surface area contributed by atoms with Crippen LogP contribution in [0.1, 0.15) is 5.56 Å². The van der Waals surface area contributed by atoms with Gasteiger partial charge >= 0.3 is 0 Å². The van der Waals surface area contributed by atoms with E-state index in [-0.39, 0.29) is 0 Å². The monoisotopic (exact) mass is 261 g/mol. The minimum absolute atomic E-state index is 0.934. The summed E-state index contributed by atoms with van der Waals surface area (Å²) in [7, 11) is 2.13. The molecule has 96 valence electrons. The maximum atomic E-state index is 4.29. The van der Waals surface area contributed by atoms with Gasteiger partial charge in [0.2, 0.25) is 5.69 Å². The fourth-order valence-corrected chi connectivity index (χ4v) is 3.41. The molecule has 0 saturated carbocycles. The summed E-state index contributed by atoms with van der Waals surface area (Å²) in [5, 5.41) is 0. The van der Waals surface area contributed by atoms with E-state index in [9.17, 15) is 0 Å². The maximum absolute atomic E-state index is 4.29. The predicted octanol–water partition coefficient (Wildman–Crippen LogP) is 2.14. The topological polar surface area (TPSA) is 26.1 Å². The van der Waals surface area contributed by atoms with Gasteiger partial charge in [-0.1, -0.05) is 12.1 Å². The van der Waals surface area contributed by atoms with Crippen LogP contribution < -0.4 is 4.57 Å². The number of fused-ring (bicyclic) bond motifs is 7. The first-order valence-electron chi connectivity index (χ1n) is 6.76. The van der Waals surface area contributed by atoms with Crippen LogP contribution in [0.15, 0.2) is 49.1 Å². The second-order valence-electron chi connectivity index (χ2n) is 5.37. The SMILES string of the molecule is Cn1c2ccccc2n2c[n+]3c(c12)-c1cnccc1C3. The van der Waals surface area contributed by atoms with E-state index >= 15 is 0 Å². The van der Waals surface area contributed by atoms with Gasteiger partial charge in [0.1, 0.15) is 6.54 Å². The van der Waals surface area contributed by atoms with Gasteiger partial charge in [-0.15, -0.1) is 0 Å². The van der Waals surface area contributed by atoms with Crippen LogP contribution in [0.4, 0.5) is 0 Å². The molecule has 1 aromatic carbocycles. The molecule has 4 heterocycles. The zero-order valence-corrected chi connectivity index (χ0v) is 11.1. The summed E-state index contributed by atoms with van der Waals surface area (Å²) in [5.41, 5.74) is 7.61. The van der Waals surface area contributed by atoms with Crippen molar-refractivity contribution in [3.8, 4) is 11.3 Å². The van der Waals surface area contributed by atoms with E-state index in [2.05, 4.69) is 62.2 Å². The number of hydrogen-bond donors (Lipinski definition) is 0. The molecule has 3 aromatic heterocycles. The molecule has 4 aromatic rings. The summed E-state index contributed by atoms with van der Waals surface area (Å²) in [4.78, 5) is 4.29. The Balaban J connectivity index is 2.01. The number of rotatable bonds is 0. The van der Waals surface area contributed by atoms with E-state index in [1.807, 2.05) is 12.4 Å². The molecule has 20 heavy (non-hydrogen) atoms. The molecule has 4 heteroatoms. The minimum atomic E-state index is 0.934. The van der Waals surface area contributed by atoms with Crippen molar-refractivity contribution in [2.45, 2.75) is 6.54 Å². The highest BCUT2D eigenvalue weighted by Crippen LogP contribution is 2.32. The Morgan fingerprint density at radius 3 is 2.90 bits per heavy atom. The molecule has 0 spiro atoms. The smallest absolute Gasteiger partial charge is 0.255 e. The summed E-state index contributed by atoms with van der Waals surface area (Å²) in [6.07, 6.45) is 6.05. The average molecular weight is 261 g/mol. The van der Waals surface area contributed by atoms with Gasteiger partial charge in [0, 0.05) is 25.0 Å². The molecule has 1 aliphatic rings. The molecule has 0 N–H and O–H groups in total. The summed E-state index contributed by atoms with van der Waals surface area (Å²) in [6.45, 7) is 0.934. The Labute approximate surface area is 115 Å². The molecule has 0 amide bonds. The van der Waals surface area contributed by atoms with Gasteiger partial charge in [-0.3, -0.25) is 4.98 Å². The van der Waals surface area contributed by atoms with Gasteiger partial charge in [-0.25, -0.2) is 4.57 Å². The largest absolute Gasteiger partial charge is 0.304 e. The molecule has 4 nitrogen and oxygen atoms in total. The molecule has 0 unspecified atom stereocenters. The van der Waals surface area contributed by atoms with E-state index in [1.54, 1.807) is 0 Å². The second kappa shape index (κ2) is 3.28. The van der Waals surface area contributed by atoms with E-state index in [1.165, 1.54) is 33.5 Å². The van der Waals surface area contributed by atoms with Crippen molar-refractivity contribution in [3.63, 3.8) is 0 Å². The Morgan fingerprint density at radius 2 is 2.00 bits per heavy atom. The van der Waals surface area contributed by atoms with Crippen molar-refractivity contribution in [1.82, 2.24) is 14.0 Å². The lowest BCUT2D eigenvalue weighted by Crippen LogP contribution is -2.29. The lowest BCUT2D eigenvalue weighted by Gasteiger charge is -1.95. The molecule has 0 bridgehead atoms. The zero-order valence-electron chi connectivity index (χ0n) is 11.1. The highest BCUT2D eigenvalue weighted by Gasteiger charge is 2.32. The van der Waals surface area contributed by atoms with E-state index in [4.69, 9.17) is 0 Å². The number of hydrogen-bond acceptors (Lipinski definition) is 1. The van der Waals surface area contributed by atoms with Crippen LogP contribution in [0.5, 0.6) is 0 Å². The van der Waals surface area contributed by atoms with Crippen LogP contribution in [0.2, 0.25) is 0 Å². The van der Waals surface area contributed by atoms with E-state index < -0.39 is 0 Å². The van der Waals surface area contributed by atoms with E-state index in [0.29, 0.717) is 0 Å². The number of aromatic nitrogens is 4. The Bertz CT molecular complexity index is 990. The van der Waals surface area contributed by atoms with Gasteiger partial charge in [-0.2, -0.15) is 4.40 Å². The Hall–Kier alpha value is -2.62. The summed E-state index contributed by atoms with van der Waals surface area (Å²) >= 11 is 0. The number of imidazole rings is 2. The van der Waals surface area contributed by atoms with Crippen molar-refractivity contribution < 1.29 is 4.57 Å². The molecule has 1 aliphatic heterocycles. The van der Waals surface area contributed by atoms with Crippen LogP contribution in [-0.2, 0) is 13.6 Å². The maximum Gasteiger partial charge on any atom is 0.255 e. The van der Waals surface area contributed by atoms with Crippen LogP contribution in [0.3, 0.4) is 0 Å². The van der Waals surface area contributed by atoms with Crippen LogP contribution in [0.25, 0.3) is 27.9 Å². The molecular formula is C16H13N4+. The second-order valence-corrected chi connectivity index (χ2v) is 5.37. The quantitative estimate of drug-likeness (QED) is 0.392. The molecule has 0 atom stereocenters. The van der Waals surface area contributed by atoms with Crippen molar-refractivity contribution in [2.75, 3.05) is 0 Å². The van der Waals surface area contributed by atoms with Gasteiger partial charge in [0.25, 0.3) is 12.0 Å². The molecular weight excluding hydrogens is 248 g/mol. The lowest BCUT2D eigenvalue weighted by molar-refractivity contribution is -0.671. The fourth-order valence-electron chi connectivity index (χ4n) is 3.41. The highest BCUT2D eigenvalue weighted by molar-refractivity contribution is 5.87. The molecule has 0 saturated heterocycles. The number of benzene rings is 1. The van der Waals surface area contributed by atoms with Gasteiger partial charge in [-0.05, 0) is 18.2 Å². The first-order chi connectivity index (χ1) is 9.84. The third-order valence-electron chi connectivity index (χ3n) is 4.31. The van der Waals surface area contributed by atoms with Gasteiger partial charge in [0.15, 0.2) is 5.52 Å². The number of para-hydroxylation sites is 2. The molecule has 0 radical (unpaired) electrons. The van der Waals surface area contributed by atoms with Gasteiger partial charge in [0.05, 0.1) is 11.1 Å². The van der Waals surface area contributed by atoms with Crippen molar-refractivity contribution in [3.05, 3.63) is 54.6 Å². The molecule has 5 rings (SSSR count). The standard InChI is InChI=1S/C16H13N4/c1-18-13-4-2-3-5-14(13)20-10-19-9-11-6-7-17-8-12(11)15(19)16(18)20/h2-8,10H,9H2,1H3/q+1. The highest BCUT2D eigenvalue weighted by atomic mass is 15.2. The molecule has 0 fully saturated rings. The van der Waals surface area contributed by atoms with Crippen LogP contribution in [0, 0.1) is 0 Å². The third kappa shape index (κ3) is 1.04. The summed E-state index contributed by atoms with van der Waals surface area (Å²) in [6, 6.07) is 10.6. The summed E-state index contributed by atoms with van der Waals surface area (Å²) in [5.74, 6) is 0. The average Bonchev–Trinajstić information content (AvgIpc) is 3.08. The Kier molecular flexibility index (Phi) is 1.67. The van der Waals surface area contributed by atoms with Crippen molar-refractivity contribution in [2.24, 2.45) is 7.05 Å². The number of aryl methyl sites for hydroxylation is 1. The lowest BCUT2D eigenvalue weighted by atomic mass is 10.1. The van der Waals surface area contributed by atoms with Crippen LogP contribution in [-0.4, -0.2) is 14.0 Å². The third-order valence-corrected chi connectivity index (χ3v) is 4.31. The zero-order chi connectivity index (χ0) is 13.3. The Morgan fingerprint density at radius 1 is 1.15 bits per heavy atom. The fraction of sp³-hybridized carbons (Fsp3) is 0.125. The van der Waals surface area contributed by atoms with Gasteiger partial charge < -0.3 is 4.57 Å². The normalized spacial score (nSPS) is 13.1. The predicted molar refractivity (Wildman–Crippen MR) is 76.4 cm³/mol.